The zero-order chi connectivity index (χ0) is 19.2. The van der Waals surface area contributed by atoms with E-state index in [0.717, 1.165) is 6.07 Å². The smallest absolute Gasteiger partial charge is 0.406 e. The second-order valence-corrected chi connectivity index (χ2v) is 6.28. The Labute approximate surface area is 157 Å². The van der Waals surface area contributed by atoms with Crippen LogP contribution in [0, 0.1) is 0 Å². The minimum Gasteiger partial charge on any atom is -0.406 e. The summed E-state index contributed by atoms with van der Waals surface area (Å²) in [5.74, 6) is -0.787. The van der Waals surface area contributed by atoms with Crippen molar-refractivity contribution in [1.82, 2.24) is 0 Å². The van der Waals surface area contributed by atoms with E-state index in [1.54, 1.807) is 0 Å². The summed E-state index contributed by atoms with van der Waals surface area (Å²) >= 11 is 23.1. The van der Waals surface area contributed by atoms with Crippen molar-refractivity contribution < 1.29 is 31.1 Å². The predicted molar refractivity (Wildman–Crippen MR) is 83.6 cm³/mol. The first-order valence-corrected chi connectivity index (χ1v) is 7.62. The monoisotopic (exact) mass is 442 g/mol. The van der Waals surface area contributed by atoms with E-state index in [1.807, 2.05) is 0 Å². The molecule has 136 valence electrons. The topological polar surface area (TPSA) is 9.23 Å². The fourth-order valence-corrected chi connectivity index (χ4v) is 3.28. The number of hydrogen-bond acceptors (Lipinski definition) is 1. The molecule has 2 aromatic rings. The summed E-state index contributed by atoms with van der Waals surface area (Å²) in [6.45, 7) is 0. The molecule has 0 fully saturated rings. The third kappa shape index (κ3) is 4.78. The van der Waals surface area contributed by atoms with Gasteiger partial charge in [0.1, 0.15) is 5.75 Å². The number of benzene rings is 2. The van der Waals surface area contributed by atoms with E-state index in [1.165, 1.54) is 0 Å². The maximum atomic E-state index is 13.3. The fraction of sp³-hybridized carbons (Fsp3) is 0.143. The molecule has 11 heteroatoms. The van der Waals surface area contributed by atoms with E-state index >= 15 is 0 Å². The molecule has 0 radical (unpaired) electrons. The van der Waals surface area contributed by atoms with Crippen LogP contribution in [0.5, 0.6) is 5.75 Å². The van der Waals surface area contributed by atoms with Crippen molar-refractivity contribution in [2.45, 2.75) is 12.5 Å². The number of halogens is 10. The summed E-state index contributed by atoms with van der Waals surface area (Å²) in [6, 6.07) is 3.00. The van der Waals surface area contributed by atoms with Crippen LogP contribution in [0.4, 0.5) is 26.3 Å². The Hall–Kier alpha value is -1.02. The number of hydrogen-bond donors (Lipinski definition) is 0. The number of rotatable bonds is 2. The molecule has 25 heavy (non-hydrogen) atoms. The Morgan fingerprint density at radius 3 is 1.60 bits per heavy atom. The van der Waals surface area contributed by atoms with Gasteiger partial charge in [0.2, 0.25) is 0 Å². The molecule has 0 N–H and O–H groups in total. The predicted octanol–water partition coefficient (Wildman–Crippen LogP) is 7.88. The molecule has 1 nitrogen and oxygen atoms in total. The standard InChI is InChI=1S/C14H4Cl4F6O/c15-5-1-7(13(19,20)21)11(8(16)2-5)12-9(17)3-6(4-10(12)18)25-14(22,23)24/h1-4H. The Kier molecular flexibility index (Phi) is 5.64. The Morgan fingerprint density at radius 1 is 0.680 bits per heavy atom. The van der Waals surface area contributed by atoms with Crippen LogP contribution in [0.2, 0.25) is 20.1 Å². The van der Waals surface area contributed by atoms with Crippen LogP contribution in [0.1, 0.15) is 5.56 Å². The lowest BCUT2D eigenvalue weighted by Crippen LogP contribution is -2.17. The van der Waals surface area contributed by atoms with E-state index in [4.69, 9.17) is 46.4 Å². The van der Waals surface area contributed by atoms with Gasteiger partial charge >= 0.3 is 12.5 Å². The fourth-order valence-electron chi connectivity index (χ4n) is 2.03. The summed E-state index contributed by atoms with van der Waals surface area (Å²) in [6.07, 6.45) is -9.89. The van der Waals surface area contributed by atoms with E-state index in [2.05, 4.69) is 4.74 Å². The minimum atomic E-state index is -5.02. The van der Waals surface area contributed by atoms with Crippen molar-refractivity contribution in [2.75, 3.05) is 0 Å². The van der Waals surface area contributed by atoms with Crippen molar-refractivity contribution in [3.05, 3.63) is 49.9 Å². The third-order valence-electron chi connectivity index (χ3n) is 2.86. The highest BCUT2D eigenvalue weighted by atomic mass is 35.5. The second-order valence-electron chi connectivity index (χ2n) is 4.62. The molecular weight excluding hydrogens is 440 g/mol. The molecule has 0 heterocycles. The van der Waals surface area contributed by atoms with Gasteiger partial charge in [-0.25, -0.2) is 0 Å². The molecule has 2 rings (SSSR count). The van der Waals surface area contributed by atoms with Gasteiger partial charge in [-0.2, -0.15) is 13.2 Å². The maximum absolute atomic E-state index is 13.3. The summed E-state index contributed by atoms with van der Waals surface area (Å²) in [4.78, 5) is 0. The van der Waals surface area contributed by atoms with Crippen molar-refractivity contribution in [2.24, 2.45) is 0 Å². The number of ether oxygens (including phenoxy) is 1. The molecule has 0 saturated carbocycles. The minimum absolute atomic E-state index is 0.287. The summed E-state index contributed by atoms with van der Waals surface area (Å²) < 4.78 is 80.3. The maximum Gasteiger partial charge on any atom is 0.573 e. The van der Waals surface area contributed by atoms with Gasteiger partial charge in [0.25, 0.3) is 0 Å². The van der Waals surface area contributed by atoms with Gasteiger partial charge in [-0.1, -0.05) is 46.4 Å². The first-order chi connectivity index (χ1) is 11.3. The van der Waals surface area contributed by atoms with Gasteiger partial charge in [0, 0.05) is 16.1 Å². The molecule has 2 aromatic carbocycles. The molecule has 0 unspecified atom stereocenters. The first-order valence-electron chi connectivity index (χ1n) is 6.11. The van der Waals surface area contributed by atoms with Crippen LogP contribution in [0.3, 0.4) is 0 Å². The van der Waals surface area contributed by atoms with Crippen LogP contribution in [-0.4, -0.2) is 6.36 Å². The van der Waals surface area contributed by atoms with Gasteiger partial charge in [0.05, 0.1) is 20.6 Å². The molecule has 0 atom stereocenters. The molecule has 0 saturated heterocycles. The van der Waals surface area contributed by atoms with Crippen molar-refractivity contribution in [3.8, 4) is 16.9 Å². The molecule has 0 aliphatic carbocycles. The lowest BCUT2D eigenvalue weighted by atomic mass is 9.98. The van der Waals surface area contributed by atoms with Crippen LogP contribution in [-0.2, 0) is 6.18 Å². The average Bonchev–Trinajstić information content (AvgIpc) is 2.36. The Balaban J connectivity index is 2.72. The zero-order valence-corrected chi connectivity index (χ0v) is 14.5. The second kappa shape index (κ2) is 6.95. The first kappa shape index (κ1) is 20.3. The molecule has 0 bridgehead atoms. The normalized spacial score (nSPS) is 12.4. The highest BCUT2D eigenvalue weighted by Gasteiger charge is 2.37. The molecule has 0 aliphatic heterocycles. The van der Waals surface area contributed by atoms with Gasteiger partial charge in [-0.15, -0.1) is 13.2 Å². The lowest BCUT2D eigenvalue weighted by Gasteiger charge is -2.18. The molecule has 0 aliphatic rings. The van der Waals surface area contributed by atoms with Crippen molar-refractivity contribution in [3.63, 3.8) is 0 Å². The summed E-state index contributed by atoms with van der Waals surface area (Å²) in [7, 11) is 0. The zero-order valence-electron chi connectivity index (χ0n) is 11.5. The SMILES string of the molecule is FC(F)(F)Oc1cc(Cl)c(-c2c(Cl)cc(Cl)cc2C(F)(F)F)c(Cl)c1. The van der Waals surface area contributed by atoms with Crippen molar-refractivity contribution >= 4 is 46.4 Å². The molecule has 0 aromatic heterocycles. The van der Waals surface area contributed by atoms with Crippen LogP contribution < -0.4 is 4.74 Å². The van der Waals surface area contributed by atoms with E-state index < -0.39 is 50.0 Å². The highest BCUT2D eigenvalue weighted by molar-refractivity contribution is 6.42. The van der Waals surface area contributed by atoms with Gasteiger partial charge in [0.15, 0.2) is 0 Å². The lowest BCUT2D eigenvalue weighted by molar-refractivity contribution is -0.274. The van der Waals surface area contributed by atoms with Gasteiger partial charge < -0.3 is 4.74 Å². The van der Waals surface area contributed by atoms with E-state index in [-0.39, 0.29) is 5.02 Å². The molecule has 0 spiro atoms. The Morgan fingerprint density at radius 2 is 1.16 bits per heavy atom. The van der Waals surface area contributed by atoms with Crippen LogP contribution in [0.25, 0.3) is 11.1 Å². The van der Waals surface area contributed by atoms with Crippen LogP contribution in [0.15, 0.2) is 24.3 Å². The summed E-state index contributed by atoms with van der Waals surface area (Å²) in [5, 5.41) is -1.73. The van der Waals surface area contributed by atoms with E-state index in [0.29, 0.717) is 18.2 Å². The van der Waals surface area contributed by atoms with E-state index in [9.17, 15) is 26.3 Å². The Bertz CT molecular complexity index is 793. The summed E-state index contributed by atoms with van der Waals surface area (Å²) in [5.41, 5.74) is -2.24. The number of alkyl halides is 6. The quantitative estimate of drug-likeness (QED) is 0.429. The van der Waals surface area contributed by atoms with Gasteiger partial charge in [-0.05, 0) is 24.3 Å². The van der Waals surface area contributed by atoms with Crippen molar-refractivity contribution in [1.29, 1.82) is 0 Å². The third-order valence-corrected chi connectivity index (χ3v) is 3.97. The van der Waals surface area contributed by atoms with Gasteiger partial charge in [-0.3, -0.25) is 0 Å². The highest BCUT2D eigenvalue weighted by Crippen LogP contribution is 2.48. The molecular formula is C14H4Cl4F6O. The largest absolute Gasteiger partial charge is 0.573 e. The average molecular weight is 444 g/mol. The van der Waals surface area contributed by atoms with Crippen LogP contribution >= 0.6 is 46.4 Å². The molecule has 0 amide bonds.